The van der Waals surface area contributed by atoms with Gasteiger partial charge in [0.1, 0.15) is 10.7 Å². The average Bonchev–Trinajstić information content (AvgIpc) is 2.59. The summed E-state index contributed by atoms with van der Waals surface area (Å²) in [4.78, 5) is 23.0. The van der Waals surface area contributed by atoms with Crippen LogP contribution in [-0.2, 0) is 19.5 Å². The second-order valence-corrected chi connectivity index (χ2v) is 6.46. The maximum atomic E-state index is 13.3. The summed E-state index contributed by atoms with van der Waals surface area (Å²) in [5.74, 6) is -2.33. The van der Waals surface area contributed by atoms with Crippen molar-refractivity contribution in [1.82, 2.24) is 0 Å². The summed E-state index contributed by atoms with van der Waals surface area (Å²) in [6.07, 6.45) is 0. The third-order valence-electron chi connectivity index (χ3n) is 3.17. The standard InChI is InChI=1S/C16H14FNO6S/c1-23-15(19)10-6-7-13(16(20)24-2)14(8-10)25(21,22)18-12-5-3-4-11(17)9-12/h3-9,18H,1-2H3. The second-order valence-electron chi connectivity index (χ2n) is 4.81. The van der Waals surface area contributed by atoms with Crippen molar-refractivity contribution in [3.63, 3.8) is 0 Å². The molecule has 0 saturated heterocycles. The first-order valence-corrected chi connectivity index (χ1v) is 8.36. The average molecular weight is 367 g/mol. The van der Waals surface area contributed by atoms with Crippen molar-refractivity contribution in [3.8, 4) is 0 Å². The van der Waals surface area contributed by atoms with E-state index in [1.165, 1.54) is 18.2 Å². The van der Waals surface area contributed by atoms with Crippen LogP contribution < -0.4 is 4.72 Å². The summed E-state index contributed by atoms with van der Waals surface area (Å²) in [7, 11) is -2.08. The minimum Gasteiger partial charge on any atom is -0.465 e. The molecule has 0 fully saturated rings. The second kappa shape index (κ2) is 7.31. The Hall–Kier alpha value is -2.94. The number of carbonyl (C=O) groups is 2. The Morgan fingerprint density at radius 3 is 2.28 bits per heavy atom. The molecule has 2 rings (SSSR count). The fraction of sp³-hybridized carbons (Fsp3) is 0.125. The highest BCUT2D eigenvalue weighted by Gasteiger charge is 2.25. The number of esters is 2. The molecule has 0 aliphatic heterocycles. The molecule has 2 aromatic rings. The quantitative estimate of drug-likeness (QED) is 0.814. The highest BCUT2D eigenvalue weighted by atomic mass is 32.2. The summed E-state index contributed by atoms with van der Waals surface area (Å²) in [6, 6.07) is 8.13. The normalized spacial score (nSPS) is 10.8. The Morgan fingerprint density at radius 1 is 1.00 bits per heavy atom. The van der Waals surface area contributed by atoms with Gasteiger partial charge in [0.05, 0.1) is 31.0 Å². The van der Waals surface area contributed by atoms with Gasteiger partial charge in [0.2, 0.25) is 0 Å². The molecular weight excluding hydrogens is 353 g/mol. The lowest BCUT2D eigenvalue weighted by Crippen LogP contribution is -2.19. The number of carbonyl (C=O) groups excluding carboxylic acids is 2. The van der Waals surface area contributed by atoms with Crippen molar-refractivity contribution in [3.05, 3.63) is 59.4 Å². The van der Waals surface area contributed by atoms with E-state index in [1.54, 1.807) is 0 Å². The molecule has 9 heteroatoms. The SMILES string of the molecule is COC(=O)c1ccc(C(=O)OC)c(S(=O)(=O)Nc2cccc(F)c2)c1. The van der Waals surface area contributed by atoms with Gasteiger partial charge in [0.15, 0.2) is 0 Å². The molecule has 0 radical (unpaired) electrons. The summed E-state index contributed by atoms with van der Waals surface area (Å²) in [5.41, 5.74) is -0.395. The number of methoxy groups -OCH3 is 2. The first-order valence-electron chi connectivity index (χ1n) is 6.87. The molecule has 7 nitrogen and oxygen atoms in total. The molecule has 1 N–H and O–H groups in total. The van der Waals surface area contributed by atoms with Crippen molar-refractivity contribution >= 4 is 27.6 Å². The fourth-order valence-electron chi connectivity index (χ4n) is 2.03. The largest absolute Gasteiger partial charge is 0.465 e. The molecule has 0 saturated carbocycles. The molecule has 0 aliphatic carbocycles. The molecule has 0 amide bonds. The van der Waals surface area contributed by atoms with Crippen molar-refractivity contribution in [1.29, 1.82) is 0 Å². The molecule has 0 aromatic heterocycles. The van der Waals surface area contributed by atoms with E-state index in [-0.39, 0.29) is 16.8 Å². The van der Waals surface area contributed by atoms with Gasteiger partial charge < -0.3 is 9.47 Å². The molecule has 0 heterocycles. The predicted molar refractivity (Wildman–Crippen MR) is 86.3 cm³/mol. The van der Waals surface area contributed by atoms with E-state index in [0.29, 0.717) is 0 Å². The molecule has 132 valence electrons. The number of nitrogens with one attached hydrogen (secondary N) is 1. The molecular formula is C16H14FNO6S. The monoisotopic (exact) mass is 367 g/mol. The van der Waals surface area contributed by atoms with Crippen molar-refractivity contribution in [2.75, 3.05) is 18.9 Å². The van der Waals surface area contributed by atoms with Crippen LogP contribution in [0.1, 0.15) is 20.7 Å². The first kappa shape index (κ1) is 18.4. The lowest BCUT2D eigenvalue weighted by molar-refractivity contribution is 0.0583. The van der Waals surface area contributed by atoms with E-state index >= 15 is 0 Å². The maximum Gasteiger partial charge on any atom is 0.339 e. The van der Waals surface area contributed by atoms with E-state index in [4.69, 9.17) is 0 Å². The van der Waals surface area contributed by atoms with Crippen LogP contribution in [0.3, 0.4) is 0 Å². The number of sulfonamides is 1. The van der Waals surface area contributed by atoms with Gasteiger partial charge in [-0.1, -0.05) is 6.07 Å². The number of anilines is 1. The van der Waals surface area contributed by atoms with E-state index in [0.717, 1.165) is 38.5 Å². The Labute approximate surface area is 143 Å². The Balaban J connectivity index is 2.56. The van der Waals surface area contributed by atoms with Crippen LogP contribution >= 0.6 is 0 Å². The fourth-order valence-corrected chi connectivity index (χ4v) is 3.30. The van der Waals surface area contributed by atoms with Gasteiger partial charge in [0.25, 0.3) is 10.0 Å². The third-order valence-corrected chi connectivity index (χ3v) is 4.60. The highest BCUT2D eigenvalue weighted by Crippen LogP contribution is 2.23. The van der Waals surface area contributed by atoms with Crippen LogP contribution in [0.2, 0.25) is 0 Å². The smallest absolute Gasteiger partial charge is 0.339 e. The third kappa shape index (κ3) is 4.13. The van der Waals surface area contributed by atoms with E-state index < -0.39 is 32.7 Å². The van der Waals surface area contributed by atoms with Crippen molar-refractivity contribution in [2.24, 2.45) is 0 Å². The summed E-state index contributed by atoms with van der Waals surface area (Å²) < 4.78 is 49.8. The maximum absolute atomic E-state index is 13.3. The predicted octanol–water partition coefficient (Wildman–Crippen LogP) is 2.20. The number of benzene rings is 2. The molecule has 0 aliphatic rings. The Kier molecular flexibility index (Phi) is 5.38. The minimum absolute atomic E-state index is 0.0423. The zero-order chi connectivity index (χ0) is 18.6. The number of hydrogen-bond acceptors (Lipinski definition) is 6. The molecule has 0 atom stereocenters. The van der Waals surface area contributed by atoms with Gasteiger partial charge in [-0.25, -0.2) is 22.4 Å². The van der Waals surface area contributed by atoms with Gasteiger partial charge in [0, 0.05) is 0 Å². The Morgan fingerprint density at radius 2 is 1.68 bits per heavy atom. The zero-order valence-electron chi connectivity index (χ0n) is 13.3. The number of halogens is 1. The zero-order valence-corrected chi connectivity index (χ0v) is 14.1. The Bertz CT molecular complexity index is 926. The van der Waals surface area contributed by atoms with Crippen LogP contribution in [0, 0.1) is 5.82 Å². The van der Waals surface area contributed by atoms with Crippen molar-refractivity contribution in [2.45, 2.75) is 4.90 Å². The lowest BCUT2D eigenvalue weighted by atomic mass is 10.1. The number of rotatable bonds is 5. The molecule has 25 heavy (non-hydrogen) atoms. The van der Waals surface area contributed by atoms with E-state index in [9.17, 15) is 22.4 Å². The van der Waals surface area contributed by atoms with E-state index in [1.807, 2.05) is 0 Å². The molecule has 2 aromatic carbocycles. The van der Waals surface area contributed by atoms with E-state index in [2.05, 4.69) is 14.2 Å². The van der Waals surface area contributed by atoms with Gasteiger partial charge in [-0.2, -0.15) is 0 Å². The van der Waals surface area contributed by atoms with Crippen molar-refractivity contribution < 1.29 is 31.9 Å². The van der Waals surface area contributed by atoms with Crippen LogP contribution in [0.15, 0.2) is 47.4 Å². The molecule has 0 unspecified atom stereocenters. The van der Waals surface area contributed by atoms with Gasteiger partial charge in [-0.3, -0.25) is 4.72 Å². The summed E-state index contributed by atoms with van der Waals surface area (Å²) in [5, 5.41) is 0. The number of hydrogen-bond donors (Lipinski definition) is 1. The highest BCUT2D eigenvalue weighted by molar-refractivity contribution is 7.92. The van der Waals surface area contributed by atoms with Gasteiger partial charge in [-0.05, 0) is 36.4 Å². The summed E-state index contributed by atoms with van der Waals surface area (Å²) in [6.45, 7) is 0. The summed E-state index contributed by atoms with van der Waals surface area (Å²) >= 11 is 0. The first-order chi connectivity index (χ1) is 11.8. The lowest BCUT2D eigenvalue weighted by Gasteiger charge is -2.12. The van der Waals surface area contributed by atoms with Gasteiger partial charge in [-0.15, -0.1) is 0 Å². The van der Waals surface area contributed by atoms with Crippen LogP contribution in [-0.4, -0.2) is 34.6 Å². The minimum atomic E-state index is -4.31. The van der Waals surface area contributed by atoms with Crippen LogP contribution in [0.5, 0.6) is 0 Å². The topological polar surface area (TPSA) is 98.8 Å². The van der Waals surface area contributed by atoms with Crippen LogP contribution in [0.25, 0.3) is 0 Å². The molecule has 0 bridgehead atoms. The van der Waals surface area contributed by atoms with Gasteiger partial charge >= 0.3 is 11.9 Å². The van der Waals surface area contributed by atoms with Crippen LogP contribution in [0.4, 0.5) is 10.1 Å². The molecule has 0 spiro atoms. The number of ether oxygens (including phenoxy) is 2.